The number of nitrogens with zero attached hydrogens (tertiary/aromatic N) is 1. The van der Waals surface area contributed by atoms with Crippen LogP contribution in [0.25, 0.3) is 17.4 Å². The molecule has 0 radical (unpaired) electrons. The normalized spacial score (nSPS) is 15.7. The van der Waals surface area contributed by atoms with E-state index in [1.807, 2.05) is 18.2 Å². The summed E-state index contributed by atoms with van der Waals surface area (Å²) >= 11 is 17.3. The number of benzene rings is 2. The van der Waals surface area contributed by atoms with Gasteiger partial charge in [-0.15, -0.1) is 0 Å². The van der Waals surface area contributed by atoms with Gasteiger partial charge >= 0.3 is 0 Å². The van der Waals surface area contributed by atoms with E-state index in [0.717, 1.165) is 0 Å². The van der Waals surface area contributed by atoms with Gasteiger partial charge in [0.15, 0.2) is 5.11 Å². The molecule has 8 heteroatoms. The molecule has 1 N–H and O–H groups in total. The Balaban J connectivity index is 1.68. The van der Waals surface area contributed by atoms with Gasteiger partial charge < -0.3 is 4.42 Å². The minimum atomic E-state index is -0.596. The lowest BCUT2D eigenvalue weighted by atomic mass is 10.1. The molecule has 0 aliphatic carbocycles. The molecule has 144 valence electrons. The van der Waals surface area contributed by atoms with Gasteiger partial charge in [-0.2, -0.15) is 0 Å². The van der Waals surface area contributed by atoms with Crippen molar-refractivity contribution >= 4 is 64.1 Å². The average Bonchev–Trinajstić information content (AvgIpc) is 3.15. The van der Waals surface area contributed by atoms with Gasteiger partial charge in [0.05, 0.1) is 10.7 Å². The fourth-order valence-electron chi connectivity index (χ4n) is 2.86. The van der Waals surface area contributed by atoms with Crippen LogP contribution in [0.1, 0.15) is 5.76 Å². The van der Waals surface area contributed by atoms with Crippen molar-refractivity contribution in [2.24, 2.45) is 0 Å². The van der Waals surface area contributed by atoms with E-state index in [4.69, 9.17) is 39.8 Å². The predicted octanol–water partition coefficient (Wildman–Crippen LogP) is 5.08. The average molecular weight is 443 g/mol. The summed E-state index contributed by atoms with van der Waals surface area (Å²) in [6.07, 6.45) is 1.38. The van der Waals surface area contributed by atoms with Crippen LogP contribution in [0.15, 0.2) is 70.7 Å². The third kappa shape index (κ3) is 3.82. The lowest BCUT2D eigenvalue weighted by molar-refractivity contribution is -0.122. The lowest BCUT2D eigenvalue weighted by Gasteiger charge is -2.28. The number of nitrogens with one attached hydrogen (secondary N) is 1. The van der Waals surface area contributed by atoms with Crippen LogP contribution in [0.3, 0.4) is 0 Å². The van der Waals surface area contributed by atoms with Crippen LogP contribution in [0, 0.1) is 0 Å². The molecule has 1 aliphatic heterocycles. The van der Waals surface area contributed by atoms with E-state index in [1.54, 1.807) is 42.5 Å². The van der Waals surface area contributed by atoms with Gasteiger partial charge in [-0.25, -0.2) is 0 Å². The minimum absolute atomic E-state index is 0.00401. The zero-order valence-corrected chi connectivity index (χ0v) is 17.0. The quantitative estimate of drug-likeness (QED) is 0.348. The topological polar surface area (TPSA) is 62.6 Å². The van der Waals surface area contributed by atoms with Crippen molar-refractivity contribution in [3.05, 3.63) is 82.0 Å². The first-order chi connectivity index (χ1) is 13.9. The molecule has 2 aromatic carbocycles. The predicted molar refractivity (Wildman–Crippen MR) is 117 cm³/mol. The molecule has 1 saturated heterocycles. The molecule has 0 bridgehead atoms. The number of halogens is 2. The number of hydrogen-bond acceptors (Lipinski definition) is 4. The Morgan fingerprint density at radius 3 is 2.41 bits per heavy atom. The van der Waals surface area contributed by atoms with Gasteiger partial charge in [0.1, 0.15) is 17.1 Å². The van der Waals surface area contributed by atoms with Crippen molar-refractivity contribution in [3.8, 4) is 11.3 Å². The van der Waals surface area contributed by atoms with Crippen LogP contribution in [0.5, 0.6) is 0 Å². The van der Waals surface area contributed by atoms with Gasteiger partial charge in [0, 0.05) is 10.6 Å². The van der Waals surface area contributed by atoms with Crippen LogP contribution in [0.2, 0.25) is 10.0 Å². The summed E-state index contributed by atoms with van der Waals surface area (Å²) in [6, 6.07) is 17.2. The maximum Gasteiger partial charge on any atom is 0.270 e. The Morgan fingerprint density at radius 2 is 1.69 bits per heavy atom. The number of carbonyl (C=O) groups excluding carboxylic acids is 2. The third-order valence-electron chi connectivity index (χ3n) is 4.24. The Kier molecular flexibility index (Phi) is 5.24. The van der Waals surface area contributed by atoms with Crippen molar-refractivity contribution in [1.29, 1.82) is 0 Å². The molecule has 1 aliphatic rings. The molecule has 1 fully saturated rings. The largest absolute Gasteiger partial charge is 0.457 e. The Hall–Kier alpha value is -2.93. The van der Waals surface area contributed by atoms with E-state index in [9.17, 15) is 9.59 Å². The molecular formula is C21H12Cl2N2O3S. The van der Waals surface area contributed by atoms with Crippen molar-refractivity contribution in [1.82, 2.24) is 5.32 Å². The smallest absolute Gasteiger partial charge is 0.270 e. The van der Waals surface area contributed by atoms with E-state index in [1.165, 1.54) is 11.0 Å². The maximum absolute atomic E-state index is 13.0. The monoisotopic (exact) mass is 442 g/mol. The number of furan rings is 1. The Bertz CT molecular complexity index is 1170. The molecule has 0 unspecified atom stereocenters. The second kappa shape index (κ2) is 7.83. The van der Waals surface area contributed by atoms with Crippen molar-refractivity contribution in [2.75, 3.05) is 4.90 Å². The summed E-state index contributed by atoms with van der Waals surface area (Å²) in [4.78, 5) is 26.6. The van der Waals surface area contributed by atoms with Crippen LogP contribution in [0.4, 0.5) is 5.69 Å². The summed E-state index contributed by atoms with van der Waals surface area (Å²) in [5, 5.41) is 3.57. The molecule has 29 heavy (non-hydrogen) atoms. The van der Waals surface area contributed by atoms with E-state index >= 15 is 0 Å². The van der Waals surface area contributed by atoms with Gasteiger partial charge in [-0.1, -0.05) is 35.3 Å². The summed E-state index contributed by atoms with van der Waals surface area (Å²) in [5.74, 6) is -0.295. The Labute approximate surface area is 181 Å². The van der Waals surface area contributed by atoms with E-state index in [-0.39, 0.29) is 10.7 Å². The number of rotatable bonds is 3. The first-order valence-corrected chi connectivity index (χ1v) is 9.62. The zero-order chi connectivity index (χ0) is 20.5. The fourth-order valence-corrected chi connectivity index (χ4v) is 3.50. The first kappa shape index (κ1) is 19.4. The number of anilines is 1. The molecule has 3 aromatic rings. The minimum Gasteiger partial charge on any atom is -0.457 e. The molecule has 1 aromatic heterocycles. The number of carbonyl (C=O) groups is 2. The first-order valence-electron chi connectivity index (χ1n) is 8.46. The summed E-state index contributed by atoms with van der Waals surface area (Å²) < 4.78 is 5.77. The van der Waals surface area contributed by atoms with Gasteiger partial charge in [-0.05, 0) is 66.8 Å². The lowest BCUT2D eigenvalue weighted by Crippen LogP contribution is -2.54. The maximum atomic E-state index is 13.0. The second-order valence-corrected chi connectivity index (χ2v) is 7.35. The highest BCUT2D eigenvalue weighted by molar-refractivity contribution is 7.80. The summed E-state index contributed by atoms with van der Waals surface area (Å²) in [6.45, 7) is 0. The van der Waals surface area contributed by atoms with E-state index in [0.29, 0.717) is 32.8 Å². The highest BCUT2D eigenvalue weighted by Gasteiger charge is 2.34. The molecule has 0 atom stereocenters. The summed E-state index contributed by atoms with van der Waals surface area (Å²) in [7, 11) is 0. The van der Waals surface area contributed by atoms with Gasteiger partial charge in [0.2, 0.25) is 0 Å². The zero-order valence-electron chi connectivity index (χ0n) is 14.7. The van der Waals surface area contributed by atoms with Crippen LogP contribution < -0.4 is 10.2 Å². The van der Waals surface area contributed by atoms with E-state index in [2.05, 4.69) is 5.32 Å². The van der Waals surface area contributed by atoms with E-state index < -0.39 is 11.8 Å². The highest BCUT2D eigenvalue weighted by Crippen LogP contribution is 2.30. The molecule has 0 saturated carbocycles. The molecular weight excluding hydrogens is 431 g/mol. The van der Waals surface area contributed by atoms with Crippen LogP contribution in [-0.4, -0.2) is 16.9 Å². The molecule has 4 rings (SSSR count). The molecule has 0 spiro atoms. The number of hydrogen-bond donors (Lipinski definition) is 1. The number of amides is 2. The summed E-state index contributed by atoms with van der Waals surface area (Å²) in [5.41, 5.74) is 1.10. The molecule has 5 nitrogen and oxygen atoms in total. The third-order valence-corrected chi connectivity index (χ3v) is 5.11. The van der Waals surface area contributed by atoms with Gasteiger partial charge in [0.25, 0.3) is 11.8 Å². The standard InChI is InChI=1S/C21H12Cl2N2O3S/c22-12-5-7-13(8-6-12)25-20(27)16(19(26)24-21(25)29)11-14-9-10-18(28-14)15-3-1-2-4-17(15)23/h1-11H,(H,24,26,29)/b16-11+. The molecule has 2 heterocycles. The SMILES string of the molecule is O=C1NC(=S)N(c2ccc(Cl)cc2)C(=O)/C1=C/c1ccc(-c2ccccc2Cl)o1. The van der Waals surface area contributed by atoms with Gasteiger partial charge in [-0.3, -0.25) is 19.8 Å². The molecule has 2 amide bonds. The highest BCUT2D eigenvalue weighted by atomic mass is 35.5. The van der Waals surface area contributed by atoms with Crippen molar-refractivity contribution in [3.63, 3.8) is 0 Å². The van der Waals surface area contributed by atoms with Crippen LogP contribution >= 0.6 is 35.4 Å². The van der Waals surface area contributed by atoms with Crippen molar-refractivity contribution in [2.45, 2.75) is 0 Å². The van der Waals surface area contributed by atoms with Crippen LogP contribution in [-0.2, 0) is 9.59 Å². The van der Waals surface area contributed by atoms with Crippen molar-refractivity contribution < 1.29 is 14.0 Å². The second-order valence-electron chi connectivity index (χ2n) is 6.12. The Morgan fingerprint density at radius 1 is 0.966 bits per heavy atom. The fraction of sp³-hybridized carbons (Fsp3) is 0. The number of thiocarbonyl (C=S) groups is 1.